The van der Waals surface area contributed by atoms with Gasteiger partial charge in [0.25, 0.3) is 17.7 Å². The molecule has 0 radical (unpaired) electrons. The van der Waals surface area contributed by atoms with Crippen LogP contribution in [0.1, 0.15) is 42.3 Å². The van der Waals surface area contributed by atoms with Gasteiger partial charge in [0, 0.05) is 50.0 Å². The maximum atomic E-state index is 13.5. The Hall–Kier alpha value is -4.01. The van der Waals surface area contributed by atoms with Crippen molar-refractivity contribution in [2.75, 3.05) is 31.1 Å². The highest BCUT2D eigenvalue weighted by Crippen LogP contribution is 2.33. The Morgan fingerprint density at radius 2 is 1.76 bits per heavy atom. The lowest BCUT2D eigenvalue weighted by molar-refractivity contribution is 0.0640. The third-order valence-electron chi connectivity index (χ3n) is 6.62. The van der Waals surface area contributed by atoms with Crippen molar-refractivity contribution < 1.29 is 18.8 Å². The van der Waals surface area contributed by atoms with Crippen LogP contribution in [0.3, 0.4) is 0 Å². The van der Waals surface area contributed by atoms with E-state index in [1.54, 1.807) is 34.0 Å². The van der Waals surface area contributed by atoms with Crippen molar-refractivity contribution in [2.24, 2.45) is 7.05 Å². The summed E-state index contributed by atoms with van der Waals surface area (Å²) < 4.78 is 15.2. The summed E-state index contributed by atoms with van der Waals surface area (Å²) in [5, 5.41) is 4.20. The average molecular weight is 461 g/mol. The molecule has 0 N–H and O–H groups in total. The number of anilines is 1. The van der Waals surface area contributed by atoms with Gasteiger partial charge < -0.3 is 9.80 Å². The molecule has 2 aliphatic rings. The van der Waals surface area contributed by atoms with Gasteiger partial charge in [0.1, 0.15) is 5.82 Å². The van der Waals surface area contributed by atoms with Gasteiger partial charge in [-0.1, -0.05) is 12.1 Å². The van der Waals surface area contributed by atoms with Crippen LogP contribution >= 0.6 is 0 Å². The van der Waals surface area contributed by atoms with E-state index < -0.39 is 5.82 Å². The molecule has 3 heterocycles. The number of imide groups is 1. The highest BCUT2D eigenvalue weighted by molar-refractivity contribution is 6.23. The van der Waals surface area contributed by atoms with Gasteiger partial charge in [-0.15, -0.1) is 0 Å². The number of hydrogen-bond acceptors (Lipinski definition) is 5. The number of rotatable bonds is 4. The summed E-state index contributed by atoms with van der Waals surface area (Å²) in [5.74, 6) is -1.30. The number of benzene rings is 2. The molecule has 0 unspecified atom stereocenters. The number of aryl methyl sites for hydroxylation is 1. The highest BCUT2D eigenvalue weighted by atomic mass is 19.1. The lowest BCUT2D eigenvalue weighted by atomic mass is 10.1. The lowest BCUT2D eigenvalue weighted by Gasteiger charge is -2.36. The molecule has 5 rings (SSSR count). The SMILES string of the molecule is Cc1c(CN2C(=O)c3cccc(N4CCN(C(=O)c5cccc(F)c5)CC4)c3C2=O)cnn1C. The average Bonchev–Trinajstić information content (AvgIpc) is 3.30. The van der Waals surface area contributed by atoms with E-state index in [-0.39, 0.29) is 24.3 Å². The molecule has 3 aromatic rings. The summed E-state index contributed by atoms with van der Waals surface area (Å²) in [4.78, 5) is 44.1. The Morgan fingerprint density at radius 3 is 2.44 bits per heavy atom. The number of carbonyl (C=O) groups is 3. The number of fused-ring (bicyclic) bond motifs is 1. The number of nitrogens with zero attached hydrogens (tertiary/aromatic N) is 5. The molecule has 2 aliphatic heterocycles. The van der Waals surface area contributed by atoms with Crippen molar-refractivity contribution >= 4 is 23.4 Å². The van der Waals surface area contributed by atoms with Crippen molar-refractivity contribution in [1.29, 1.82) is 0 Å². The van der Waals surface area contributed by atoms with Gasteiger partial charge in [0.15, 0.2) is 0 Å². The molecule has 34 heavy (non-hydrogen) atoms. The van der Waals surface area contributed by atoms with Crippen LogP contribution in [0.2, 0.25) is 0 Å². The molecule has 8 nitrogen and oxygen atoms in total. The quantitative estimate of drug-likeness (QED) is 0.558. The summed E-state index contributed by atoms with van der Waals surface area (Å²) >= 11 is 0. The minimum Gasteiger partial charge on any atom is -0.367 e. The summed E-state index contributed by atoms with van der Waals surface area (Å²) in [6, 6.07) is 11.0. The topological polar surface area (TPSA) is 78.8 Å². The zero-order valence-electron chi connectivity index (χ0n) is 19.0. The smallest absolute Gasteiger partial charge is 0.263 e. The van der Waals surface area contributed by atoms with Gasteiger partial charge in [-0.2, -0.15) is 5.10 Å². The minimum atomic E-state index is -0.446. The van der Waals surface area contributed by atoms with E-state index >= 15 is 0 Å². The van der Waals surface area contributed by atoms with Crippen molar-refractivity contribution in [3.05, 3.63) is 82.4 Å². The van der Waals surface area contributed by atoms with E-state index in [1.807, 2.05) is 24.9 Å². The second kappa shape index (κ2) is 8.40. The van der Waals surface area contributed by atoms with Crippen LogP contribution < -0.4 is 4.90 Å². The Bertz CT molecular complexity index is 1310. The van der Waals surface area contributed by atoms with E-state index in [0.29, 0.717) is 48.6 Å². The maximum Gasteiger partial charge on any atom is 0.263 e. The van der Waals surface area contributed by atoms with Crippen molar-refractivity contribution in [1.82, 2.24) is 19.6 Å². The Morgan fingerprint density at radius 1 is 1.03 bits per heavy atom. The monoisotopic (exact) mass is 461 g/mol. The molecule has 0 bridgehead atoms. The van der Waals surface area contributed by atoms with Crippen LogP contribution in [0.5, 0.6) is 0 Å². The number of aromatic nitrogens is 2. The van der Waals surface area contributed by atoms with E-state index in [0.717, 1.165) is 11.3 Å². The normalized spacial score (nSPS) is 15.8. The number of amides is 3. The third-order valence-corrected chi connectivity index (χ3v) is 6.62. The molecule has 9 heteroatoms. The molecule has 1 fully saturated rings. The van der Waals surface area contributed by atoms with Crippen LogP contribution in [0.15, 0.2) is 48.7 Å². The molecule has 3 amide bonds. The molecular weight excluding hydrogens is 437 g/mol. The van der Waals surface area contributed by atoms with E-state index in [1.165, 1.54) is 23.1 Å². The summed E-state index contributed by atoms with van der Waals surface area (Å²) in [5.41, 5.74) is 3.52. The van der Waals surface area contributed by atoms with Crippen molar-refractivity contribution in [2.45, 2.75) is 13.5 Å². The molecule has 0 saturated carbocycles. The second-order valence-corrected chi connectivity index (χ2v) is 8.56. The van der Waals surface area contributed by atoms with Crippen LogP contribution in [-0.4, -0.2) is 63.5 Å². The van der Waals surface area contributed by atoms with Crippen LogP contribution in [-0.2, 0) is 13.6 Å². The molecule has 174 valence electrons. The predicted octanol–water partition coefficient (Wildman–Crippen LogP) is 2.63. The largest absolute Gasteiger partial charge is 0.367 e. The van der Waals surface area contributed by atoms with Crippen LogP contribution in [0, 0.1) is 12.7 Å². The molecule has 0 spiro atoms. The fourth-order valence-electron chi connectivity index (χ4n) is 4.55. The molecule has 2 aromatic carbocycles. The molecule has 0 aliphatic carbocycles. The highest BCUT2D eigenvalue weighted by Gasteiger charge is 2.39. The van der Waals surface area contributed by atoms with E-state index in [4.69, 9.17) is 0 Å². The molecule has 1 aromatic heterocycles. The van der Waals surface area contributed by atoms with Crippen LogP contribution in [0.4, 0.5) is 10.1 Å². The van der Waals surface area contributed by atoms with Gasteiger partial charge in [-0.25, -0.2) is 4.39 Å². The summed E-state index contributed by atoms with van der Waals surface area (Å²) in [7, 11) is 1.82. The number of halogens is 1. The first kappa shape index (κ1) is 21.8. The first-order valence-corrected chi connectivity index (χ1v) is 11.1. The van der Waals surface area contributed by atoms with Gasteiger partial charge in [-0.3, -0.25) is 24.0 Å². The van der Waals surface area contributed by atoms with Crippen molar-refractivity contribution in [3.8, 4) is 0 Å². The summed E-state index contributed by atoms with van der Waals surface area (Å²) in [6.45, 7) is 3.93. The van der Waals surface area contributed by atoms with Gasteiger partial charge in [0.05, 0.1) is 29.6 Å². The Kier molecular flexibility index (Phi) is 5.39. The lowest BCUT2D eigenvalue weighted by Crippen LogP contribution is -2.49. The molecular formula is C25H24FN5O3. The number of hydrogen-bond donors (Lipinski definition) is 0. The van der Waals surface area contributed by atoms with Gasteiger partial charge in [-0.05, 0) is 37.3 Å². The predicted molar refractivity (Wildman–Crippen MR) is 123 cm³/mol. The number of piperazine rings is 1. The second-order valence-electron chi connectivity index (χ2n) is 8.56. The minimum absolute atomic E-state index is 0.168. The summed E-state index contributed by atoms with van der Waals surface area (Å²) in [6.07, 6.45) is 1.68. The van der Waals surface area contributed by atoms with Gasteiger partial charge in [0.2, 0.25) is 0 Å². The Balaban J connectivity index is 1.34. The zero-order valence-corrected chi connectivity index (χ0v) is 19.0. The van der Waals surface area contributed by atoms with E-state index in [9.17, 15) is 18.8 Å². The van der Waals surface area contributed by atoms with Gasteiger partial charge >= 0.3 is 0 Å². The van der Waals surface area contributed by atoms with Crippen molar-refractivity contribution in [3.63, 3.8) is 0 Å². The van der Waals surface area contributed by atoms with Crippen LogP contribution in [0.25, 0.3) is 0 Å². The zero-order chi connectivity index (χ0) is 24.0. The standard InChI is InChI=1S/C25H24FN5O3/c1-16-18(14-27-28(16)2)15-31-24(33)20-7-4-8-21(22(20)25(31)34)29-9-11-30(12-10-29)23(32)17-5-3-6-19(26)13-17/h3-8,13-14H,9-12,15H2,1-2H3. The first-order chi connectivity index (χ1) is 16.3. The maximum absolute atomic E-state index is 13.5. The molecule has 0 atom stereocenters. The first-order valence-electron chi connectivity index (χ1n) is 11.1. The number of carbonyl (C=O) groups excluding carboxylic acids is 3. The fraction of sp³-hybridized carbons (Fsp3) is 0.280. The molecule has 1 saturated heterocycles. The van der Waals surface area contributed by atoms with E-state index in [2.05, 4.69) is 5.10 Å². The fourth-order valence-corrected chi connectivity index (χ4v) is 4.55. The Labute approximate surface area is 196 Å². The third kappa shape index (κ3) is 3.63.